The first kappa shape index (κ1) is 20.4. The van der Waals surface area contributed by atoms with Gasteiger partial charge in [-0.3, -0.25) is 4.79 Å². The van der Waals surface area contributed by atoms with Crippen molar-refractivity contribution in [1.82, 2.24) is 20.4 Å². The largest absolute Gasteiger partial charge is 0.443 e. The van der Waals surface area contributed by atoms with Crippen LogP contribution in [0.4, 0.5) is 5.82 Å². The molecule has 30 heavy (non-hydrogen) atoms. The van der Waals surface area contributed by atoms with Crippen LogP contribution in [0.15, 0.2) is 8.94 Å². The molecule has 0 aliphatic carbocycles. The smallest absolute Gasteiger partial charge is 0.231 e. The summed E-state index contributed by atoms with van der Waals surface area (Å²) in [5.74, 6) is 3.25. The number of rotatable bonds is 5. The lowest BCUT2D eigenvalue weighted by Gasteiger charge is -2.33. The Balaban J connectivity index is 1.46. The van der Waals surface area contributed by atoms with Crippen LogP contribution in [0.25, 0.3) is 11.1 Å². The number of nitrogens with zero attached hydrogens (tertiary/aromatic N) is 4. The van der Waals surface area contributed by atoms with Crippen molar-refractivity contribution < 1.29 is 13.7 Å². The molecule has 1 amide bonds. The Labute approximate surface area is 176 Å². The number of anilines is 1. The van der Waals surface area contributed by atoms with E-state index >= 15 is 0 Å². The van der Waals surface area contributed by atoms with Crippen LogP contribution >= 0.6 is 0 Å². The molecule has 8 heteroatoms. The van der Waals surface area contributed by atoms with Gasteiger partial charge in [0.25, 0.3) is 0 Å². The summed E-state index contributed by atoms with van der Waals surface area (Å²) in [4.78, 5) is 24.2. The molecule has 1 fully saturated rings. The molecule has 3 aromatic rings. The third kappa shape index (κ3) is 3.78. The molecule has 3 aromatic heterocycles. The van der Waals surface area contributed by atoms with Crippen LogP contribution in [0.2, 0.25) is 0 Å². The SMILES string of the molecule is Cc1nc(N2CCCC(C(=O)NCCc3c(C)noc3C)C2)c2c(C)c(C)oc2n1. The fourth-order valence-electron chi connectivity index (χ4n) is 4.26. The number of amides is 1. The number of carbonyl (C=O) groups excluding carboxylic acids is 1. The van der Waals surface area contributed by atoms with Crippen LogP contribution in [0.3, 0.4) is 0 Å². The molecule has 8 nitrogen and oxygen atoms in total. The van der Waals surface area contributed by atoms with Gasteiger partial charge in [-0.1, -0.05) is 5.16 Å². The van der Waals surface area contributed by atoms with Crippen molar-refractivity contribution in [2.75, 3.05) is 24.5 Å². The molecule has 1 atom stereocenters. The van der Waals surface area contributed by atoms with Crippen molar-refractivity contribution in [1.29, 1.82) is 0 Å². The van der Waals surface area contributed by atoms with Crippen molar-refractivity contribution in [3.05, 3.63) is 34.2 Å². The standard InChI is InChI=1S/C22H29N5O3/c1-12-14(3)29-22-19(12)20(24-16(5)25-22)27-10-6-7-17(11-27)21(28)23-9-8-18-13(2)26-30-15(18)4/h17H,6-11H2,1-5H3,(H,23,28). The Morgan fingerprint density at radius 3 is 2.70 bits per heavy atom. The second-order valence-electron chi connectivity index (χ2n) is 8.19. The monoisotopic (exact) mass is 411 g/mol. The highest BCUT2D eigenvalue weighted by atomic mass is 16.5. The summed E-state index contributed by atoms with van der Waals surface area (Å²) in [6.07, 6.45) is 2.55. The molecular weight excluding hydrogens is 382 g/mol. The normalized spacial score (nSPS) is 17.0. The van der Waals surface area contributed by atoms with Crippen LogP contribution in [0.1, 0.15) is 47.0 Å². The van der Waals surface area contributed by atoms with Crippen LogP contribution in [0, 0.1) is 40.5 Å². The number of hydrogen-bond acceptors (Lipinski definition) is 7. The third-order valence-corrected chi connectivity index (χ3v) is 6.07. The summed E-state index contributed by atoms with van der Waals surface area (Å²) in [5.41, 5.74) is 3.65. The van der Waals surface area contributed by atoms with Crippen LogP contribution < -0.4 is 10.2 Å². The van der Waals surface area contributed by atoms with E-state index in [0.29, 0.717) is 24.6 Å². The molecule has 0 saturated carbocycles. The molecule has 0 radical (unpaired) electrons. The molecule has 1 aliphatic heterocycles. The first-order valence-corrected chi connectivity index (χ1v) is 10.5. The first-order chi connectivity index (χ1) is 14.3. The van der Waals surface area contributed by atoms with Gasteiger partial charge in [-0.15, -0.1) is 0 Å². The van der Waals surface area contributed by atoms with Crippen molar-refractivity contribution in [2.24, 2.45) is 5.92 Å². The van der Waals surface area contributed by atoms with E-state index in [-0.39, 0.29) is 11.8 Å². The summed E-state index contributed by atoms with van der Waals surface area (Å²) < 4.78 is 11.0. The van der Waals surface area contributed by atoms with E-state index in [4.69, 9.17) is 13.9 Å². The maximum atomic E-state index is 12.8. The van der Waals surface area contributed by atoms with E-state index in [1.54, 1.807) is 0 Å². The van der Waals surface area contributed by atoms with Crippen molar-refractivity contribution in [3.63, 3.8) is 0 Å². The zero-order valence-electron chi connectivity index (χ0n) is 18.3. The fourth-order valence-corrected chi connectivity index (χ4v) is 4.26. The number of furan rings is 1. The lowest BCUT2D eigenvalue weighted by Crippen LogP contribution is -2.44. The highest BCUT2D eigenvalue weighted by Gasteiger charge is 2.29. The van der Waals surface area contributed by atoms with E-state index in [1.807, 2.05) is 34.6 Å². The van der Waals surface area contributed by atoms with E-state index < -0.39 is 0 Å². The molecule has 0 spiro atoms. The van der Waals surface area contributed by atoms with E-state index in [2.05, 4.69) is 20.4 Å². The number of piperidine rings is 1. The maximum Gasteiger partial charge on any atom is 0.231 e. The topological polar surface area (TPSA) is 97.3 Å². The molecule has 1 N–H and O–H groups in total. The number of nitrogens with one attached hydrogen (secondary N) is 1. The Hall–Kier alpha value is -2.90. The van der Waals surface area contributed by atoms with Crippen LogP contribution in [-0.2, 0) is 11.2 Å². The van der Waals surface area contributed by atoms with E-state index in [9.17, 15) is 4.79 Å². The van der Waals surface area contributed by atoms with Crippen molar-refractivity contribution >= 4 is 22.8 Å². The Kier molecular flexibility index (Phi) is 5.49. The summed E-state index contributed by atoms with van der Waals surface area (Å²) in [7, 11) is 0. The van der Waals surface area contributed by atoms with Crippen LogP contribution in [0.5, 0.6) is 0 Å². The minimum Gasteiger partial charge on any atom is -0.443 e. The molecule has 1 saturated heterocycles. The number of aryl methyl sites for hydroxylation is 5. The van der Waals surface area contributed by atoms with Gasteiger partial charge < -0.3 is 19.2 Å². The average Bonchev–Trinajstić information content (AvgIpc) is 3.19. The van der Waals surface area contributed by atoms with Crippen molar-refractivity contribution in [3.8, 4) is 0 Å². The van der Waals surface area contributed by atoms with Crippen LogP contribution in [-0.4, -0.2) is 40.7 Å². The minimum absolute atomic E-state index is 0.0676. The van der Waals surface area contributed by atoms with Gasteiger partial charge in [-0.05, 0) is 53.9 Å². The second kappa shape index (κ2) is 8.08. The zero-order chi connectivity index (χ0) is 21.4. The summed E-state index contributed by atoms with van der Waals surface area (Å²) in [6.45, 7) is 11.8. The molecule has 160 valence electrons. The van der Waals surface area contributed by atoms with Gasteiger partial charge in [0.05, 0.1) is 17.0 Å². The highest BCUT2D eigenvalue weighted by Crippen LogP contribution is 2.33. The summed E-state index contributed by atoms with van der Waals surface area (Å²) >= 11 is 0. The van der Waals surface area contributed by atoms with Gasteiger partial charge >= 0.3 is 0 Å². The molecule has 4 rings (SSSR count). The fraction of sp³-hybridized carbons (Fsp3) is 0.545. The molecule has 1 unspecified atom stereocenters. The second-order valence-corrected chi connectivity index (χ2v) is 8.19. The molecule has 1 aliphatic rings. The Morgan fingerprint density at radius 1 is 1.17 bits per heavy atom. The Morgan fingerprint density at radius 2 is 1.97 bits per heavy atom. The van der Waals surface area contributed by atoms with Gasteiger partial charge in [0.15, 0.2) is 0 Å². The maximum absolute atomic E-state index is 12.8. The molecule has 4 heterocycles. The van der Waals surface area contributed by atoms with Gasteiger partial charge in [-0.2, -0.15) is 4.98 Å². The first-order valence-electron chi connectivity index (χ1n) is 10.5. The van der Waals surface area contributed by atoms with E-state index in [1.165, 1.54) is 0 Å². The lowest BCUT2D eigenvalue weighted by molar-refractivity contribution is -0.125. The van der Waals surface area contributed by atoms with Gasteiger partial charge in [0.1, 0.15) is 23.2 Å². The molecule has 0 aromatic carbocycles. The number of hydrogen-bond donors (Lipinski definition) is 1. The number of carbonyl (C=O) groups is 1. The Bertz CT molecular complexity index is 1060. The molecular formula is C22H29N5O3. The van der Waals surface area contributed by atoms with E-state index in [0.717, 1.165) is 65.4 Å². The number of fused-ring (bicyclic) bond motifs is 1. The average molecular weight is 412 g/mol. The quantitative estimate of drug-likeness (QED) is 0.688. The minimum atomic E-state index is -0.0676. The highest BCUT2D eigenvalue weighted by molar-refractivity contribution is 5.90. The van der Waals surface area contributed by atoms with Crippen molar-refractivity contribution in [2.45, 2.75) is 53.9 Å². The van der Waals surface area contributed by atoms with Gasteiger partial charge in [0, 0.05) is 30.8 Å². The number of aromatic nitrogens is 3. The summed E-state index contributed by atoms with van der Waals surface area (Å²) in [5, 5.41) is 8.02. The summed E-state index contributed by atoms with van der Waals surface area (Å²) in [6, 6.07) is 0. The molecule has 0 bridgehead atoms. The predicted molar refractivity (Wildman–Crippen MR) is 114 cm³/mol. The predicted octanol–water partition coefficient (Wildman–Crippen LogP) is 3.33. The zero-order valence-corrected chi connectivity index (χ0v) is 18.3. The van der Waals surface area contributed by atoms with Gasteiger partial charge in [0.2, 0.25) is 11.6 Å². The third-order valence-electron chi connectivity index (χ3n) is 6.07. The lowest BCUT2D eigenvalue weighted by atomic mass is 9.96. The van der Waals surface area contributed by atoms with Gasteiger partial charge in [-0.25, -0.2) is 4.98 Å².